The summed E-state index contributed by atoms with van der Waals surface area (Å²) < 4.78 is 5.70. The second kappa shape index (κ2) is 3.04. The summed E-state index contributed by atoms with van der Waals surface area (Å²) in [5, 5.41) is 2.05. The summed E-state index contributed by atoms with van der Waals surface area (Å²) in [6, 6.07) is 4.11. The van der Waals surface area contributed by atoms with Crippen LogP contribution >= 0.6 is 11.3 Å². The normalized spacial score (nSPS) is 30.6. The number of thiophene rings is 1. The van der Waals surface area contributed by atoms with E-state index in [4.69, 9.17) is 4.74 Å². The van der Waals surface area contributed by atoms with Gasteiger partial charge in [-0.05, 0) is 23.1 Å². The SMILES string of the molecule is O=C1C=C2CO[C@H](c3cccs3)[C@@H]2C1. The highest BCUT2D eigenvalue weighted by Crippen LogP contribution is 2.44. The fraction of sp³-hybridized carbons (Fsp3) is 0.364. The van der Waals surface area contributed by atoms with Crippen LogP contribution in [0, 0.1) is 5.92 Å². The van der Waals surface area contributed by atoms with E-state index in [1.54, 1.807) is 17.4 Å². The monoisotopic (exact) mass is 206 g/mol. The average Bonchev–Trinajstić information content (AvgIpc) is 2.77. The minimum Gasteiger partial charge on any atom is -0.368 e. The van der Waals surface area contributed by atoms with Gasteiger partial charge in [0.15, 0.2) is 5.78 Å². The van der Waals surface area contributed by atoms with Crippen molar-refractivity contribution in [3.8, 4) is 0 Å². The first kappa shape index (κ1) is 8.38. The van der Waals surface area contributed by atoms with E-state index in [9.17, 15) is 4.79 Å². The number of fused-ring (bicyclic) bond motifs is 1. The Labute approximate surface area is 86.2 Å². The molecule has 0 saturated carbocycles. The molecular formula is C11H10O2S. The summed E-state index contributed by atoms with van der Waals surface area (Å²) in [5.74, 6) is 0.580. The fourth-order valence-electron chi connectivity index (χ4n) is 2.21. The van der Waals surface area contributed by atoms with E-state index in [0.717, 1.165) is 0 Å². The molecule has 2 nitrogen and oxygen atoms in total. The third-order valence-electron chi connectivity index (χ3n) is 2.86. The lowest BCUT2D eigenvalue weighted by Gasteiger charge is -2.13. The molecule has 0 aromatic carbocycles. The van der Waals surface area contributed by atoms with Crippen LogP contribution in [0.3, 0.4) is 0 Å². The molecule has 0 N–H and O–H groups in total. The number of ether oxygens (including phenoxy) is 1. The lowest BCUT2D eigenvalue weighted by Crippen LogP contribution is -2.06. The van der Waals surface area contributed by atoms with Gasteiger partial charge in [0.05, 0.1) is 12.7 Å². The Balaban J connectivity index is 1.92. The Morgan fingerprint density at radius 3 is 3.21 bits per heavy atom. The maximum atomic E-state index is 11.2. The maximum Gasteiger partial charge on any atom is 0.156 e. The van der Waals surface area contributed by atoms with Crippen LogP contribution in [-0.2, 0) is 9.53 Å². The molecule has 0 unspecified atom stereocenters. The summed E-state index contributed by atoms with van der Waals surface area (Å²) in [4.78, 5) is 12.5. The van der Waals surface area contributed by atoms with Crippen LogP contribution in [0.15, 0.2) is 29.2 Å². The number of carbonyl (C=O) groups excluding carboxylic acids is 1. The molecular weight excluding hydrogens is 196 g/mol. The Bertz CT molecular complexity index is 391. The predicted octanol–water partition coefficient (Wildman–Crippen LogP) is 2.33. The molecule has 1 aliphatic carbocycles. The van der Waals surface area contributed by atoms with Gasteiger partial charge < -0.3 is 4.74 Å². The first-order chi connectivity index (χ1) is 6.84. The van der Waals surface area contributed by atoms with Gasteiger partial charge >= 0.3 is 0 Å². The van der Waals surface area contributed by atoms with Crippen molar-refractivity contribution in [2.75, 3.05) is 6.61 Å². The zero-order valence-electron chi connectivity index (χ0n) is 7.60. The average molecular weight is 206 g/mol. The second-order valence-corrected chi connectivity index (χ2v) is 4.72. The van der Waals surface area contributed by atoms with E-state index < -0.39 is 0 Å². The molecule has 1 fully saturated rings. The van der Waals surface area contributed by atoms with Gasteiger partial charge in [0.1, 0.15) is 0 Å². The Morgan fingerprint density at radius 2 is 2.43 bits per heavy atom. The van der Waals surface area contributed by atoms with Crippen molar-refractivity contribution >= 4 is 17.1 Å². The molecule has 3 rings (SSSR count). The smallest absolute Gasteiger partial charge is 0.156 e. The molecule has 0 spiro atoms. The standard InChI is InChI=1S/C11H10O2S/c12-8-4-7-6-13-11(9(7)5-8)10-2-1-3-14-10/h1-4,9,11H,5-6H2/t9-,11+/m1/s1. The van der Waals surface area contributed by atoms with Crippen molar-refractivity contribution < 1.29 is 9.53 Å². The van der Waals surface area contributed by atoms with E-state index in [0.29, 0.717) is 18.9 Å². The van der Waals surface area contributed by atoms with Crippen LogP contribution in [0.4, 0.5) is 0 Å². The van der Waals surface area contributed by atoms with E-state index in [-0.39, 0.29) is 11.9 Å². The Kier molecular flexibility index (Phi) is 1.82. The van der Waals surface area contributed by atoms with Gasteiger partial charge in [-0.25, -0.2) is 0 Å². The van der Waals surface area contributed by atoms with E-state index in [1.165, 1.54) is 10.5 Å². The number of allylic oxidation sites excluding steroid dienone is 1. The van der Waals surface area contributed by atoms with E-state index in [2.05, 4.69) is 11.4 Å². The molecule has 2 atom stereocenters. The number of hydrogen-bond acceptors (Lipinski definition) is 3. The zero-order valence-corrected chi connectivity index (χ0v) is 8.42. The number of carbonyl (C=O) groups is 1. The van der Waals surface area contributed by atoms with Crippen molar-refractivity contribution in [1.82, 2.24) is 0 Å². The van der Waals surface area contributed by atoms with Crippen molar-refractivity contribution in [1.29, 1.82) is 0 Å². The Hall–Kier alpha value is -0.930. The molecule has 72 valence electrons. The largest absolute Gasteiger partial charge is 0.368 e. The predicted molar refractivity (Wildman–Crippen MR) is 54.2 cm³/mol. The van der Waals surface area contributed by atoms with Crippen LogP contribution in [0.1, 0.15) is 17.4 Å². The van der Waals surface area contributed by atoms with Gasteiger partial charge in [0.2, 0.25) is 0 Å². The van der Waals surface area contributed by atoms with Crippen molar-refractivity contribution in [2.45, 2.75) is 12.5 Å². The van der Waals surface area contributed by atoms with Crippen LogP contribution in [-0.4, -0.2) is 12.4 Å². The molecule has 1 saturated heterocycles. The van der Waals surface area contributed by atoms with Crippen LogP contribution in [0.2, 0.25) is 0 Å². The van der Waals surface area contributed by atoms with Gasteiger partial charge in [-0.1, -0.05) is 6.07 Å². The third kappa shape index (κ3) is 1.16. The molecule has 2 aliphatic rings. The maximum absolute atomic E-state index is 11.2. The molecule has 2 heterocycles. The summed E-state index contributed by atoms with van der Waals surface area (Å²) in [5.41, 5.74) is 1.19. The van der Waals surface area contributed by atoms with E-state index in [1.807, 2.05) is 6.07 Å². The minimum absolute atomic E-state index is 0.132. The molecule has 0 amide bonds. The quantitative estimate of drug-likeness (QED) is 0.705. The highest BCUT2D eigenvalue weighted by molar-refractivity contribution is 7.10. The van der Waals surface area contributed by atoms with Gasteiger partial charge in [0.25, 0.3) is 0 Å². The number of ketones is 1. The van der Waals surface area contributed by atoms with Crippen LogP contribution in [0.5, 0.6) is 0 Å². The van der Waals surface area contributed by atoms with Gasteiger partial charge in [-0.3, -0.25) is 4.79 Å². The summed E-state index contributed by atoms with van der Waals surface area (Å²) in [6.07, 6.45) is 2.53. The lowest BCUT2D eigenvalue weighted by molar-refractivity contribution is -0.115. The van der Waals surface area contributed by atoms with Gasteiger partial charge in [-0.15, -0.1) is 11.3 Å². The molecule has 1 aromatic rings. The zero-order chi connectivity index (χ0) is 9.54. The molecule has 1 aromatic heterocycles. The van der Waals surface area contributed by atoms with Crippen molar-refractivity contribution in [3.63, 3.8) is 0 Å². The van der Waals surface area contributed by atoms with Crippen molar-refractivity contribution in [2.24, 2.45) is 5.92 Å². The highest BCUT2D eigenvalue weighted by atomic mass is 32.1. The third-order valence-corrected chi connectivity index (χ3v) is 3.80. The summed E-state index contributed by atoms with van der Waals surface area (Å²) in [7, 11) is 0. The fourth-order valence-corrected chi connectivity index (χ4v) is 3.04. The van der Waals surface area contributed by atoms with E-state index >= 15 is 0 Å². The number of rotatable bonds is 1. The second-order valence-electron chi connectivity index (χ2n) is 3.74. The summed E-state index contributed by atoms with van der Waals surface area (Å²) in [6.45, 7) is 0.638. The Morgan fingerprint density at radius 1 is 1.50 bits per heavy atom. The molecule has 0 bridgehead atoms. The van der Waals surface area contributed by atoms with Gasteiger partial charge in [0, 0.05) is 17.2 Å². The van der Waals surface area contributed by atoms with Crippen LogP contribution < -0.4 is 0 Å². The minimum atomic E-state index is 0.132. The summed E-state index contributed by atoms with van der Waals surface area (Å²) >= 11 is 1.71. The highest BCUT2D eigenvalue weighted by Gasteiger charge is 2.39. The first-order valence-electron chi connectivity index (χ1n) is 4.73. The van der Waals surface area contributed by atoms with Crippen LogP contribution in [0.25, 0.3) is 0 Å². The molecule has 3 heteroatoms. The molecule has 14 heavy (non-hydrogen) atoms. The molecule has 1 aliphatic heterocycles. The molecule has 0 radical (unpaired) electrons. The first-order valence-corrected chi connectivity index (χ1v) is 5.61. The lowest BCUT2D eigenvalue weighted by atomic mass is 9.97. The van der Waals surface area contributed by atoms with Gasteiger partial charge in [-0.2, -0.15) is 0 Å². The van der Waals surface area contributed by atoms with Crippen molar-refractivity contribution in [3.05, 3.63) is 34.0 Å². The topological polar surface area (TPSA) is 26.3 Å². The number of hydrogen-bond donors (Lipinski definition) is 0.